The number of hydrogen-bond acceptors (Lipinski definition) is 4. The molecule has 1 heterocycles. The second-order valence-corrected chi connectivity index (χ2v) is 4.36. The molecule has 2 rings (SSSR count). The highest BCUT2D eigenvalue weighted by Gasteiger charge is 2.23. The standard InChI is InChI=1S/C13H18N2O3/c1-15-11-5-9(10(6-14)7-17-2)3-4-12(11)18-8-13(15)16/h3-5,10H,6-8,14H2,1-2H3. The van der Waals surface area contributed by atoms with Gasteiger partial charge in [0, 0.05) is 26.6 Å². The van der Waals surface area contributed by atoms with Gasteiger partial charge in [-0.3, -0.25) is 4.79 Å². The molecule has 5 nitrogen and oxygen atoms in total. The number of benzene rings is 1. The first-order valence-corrected chi connectivity index (χ1v) is 5.89. The van der Waals surface area contributed by atoms with Crippen LogP contribution in [0.3, 0.4) is 0 Å². The summed E-state index contributed by atoms with van der Waals surface area (Å²) in [6, 6.07) is 5.80. The molecule has 98 valence electrons. The molecule has 1 atom stereocenters. The molecule has 1 aromatic carbocycles. The molecule has 0 aliphatic carbocycles. The van der Waals surface area contributed by atoms with Crippen molar-refractivity contribution >= 4 is 11.6 Å². The van der Waals surface area contributed by atoms with Gasteiger partial charge in [0.25, 0.3) is 5.91 Å². The van der Waals surface area contributed by atoms with Crippen LogP contribution in [-0.2, 0) is 9.53 Å². The number of anilines is 1. The van der Waals surface area contributed by atoms with Crippen molar-refractivity contribution in [2.24, 2.45) is 5.73 Å². The van der Waals surface area contributed by atoms with E-state index in [1.54, 1.807) is 19.1 Å². The molecule has 1 aliphatic heterocycles. The maximum atomic E-state index is 11.6. The van der Waals surface area contributed by atoms with E-state index in [1.165, 1.54) is 0 Å². The lowest BCUT2D eigenvalue weighted by Gasteiger charge is -2.27. The molecule has 18 heavy (non-hydrogen) atoms. The van der Waals surface area contributed by atoms with E-state index in [4.69, 9.17) is 15.2 Å². The second kappa shape index (κ2) is 5.37. The largest absolute Gasteiger partial charge is 0.482 e. The number of nitrogens with two attached hydrogens (primary N) is 1. The average molecular weight is 250 g/mol. The minimum atomic E-state index is -0.0457. The van der Waals surface area contributed by atoms with Crippen molar-refractivity contribution in [1.82, 2.24) is 0 Å². The number of carbonyl (C=O) groups excluding carboxylic acids is 1. The monoisotopic (exact) mass is 250 g/mol. The Bertz CT molecular complexity index is 448. The van der Waals surface area contributed by atoms with Crippen LogP contribution in [0.2, 0.25) is 0 Å². The molecule has 0 saturated carbocycles. The first kappa shape index (κ1) is 12.9. The summed E-state index contributed by atoms with van der Waals surface area (Å²) in [6.45, 7) is 1.17. The Kier molecular flexibility index (Phi) is 3.84. The van der Waals surface area contributed by atoms with E-state index in [1.807, 2.05) is 18.2 Å². The van der Waals surface area contributed by atoms with E-state index in [9.17, 15) is 4.79 Å². The van der Waals surface area contributed by atoms with Gasteiger partial charge in [-0.25, -0.2) is 0 Å². The number of nitrogens with zero attached hydrogens (tertiary/aromatic N) is 1. The fourth-order valence-corrected chi connectivity index (χ4v) is 2.04. The van der Waals surface area contributed by atoms with E-state index >= 15 is 0 Å². The van der Waals surface area contributed by atoms with Crippen molar-refractivity contribution < 1.29 is 14.3 Å². The normalized spacial score (nSPS) is 16.2. The molecule has 0 fully saturated rings. The highest BCUT2D eigenvalue weighted by Crippen LogP contribution is 2.33. The molecular weight excluding hydrogens is 232 g/mol. The van der Waals surface area contributed by atoms with Crippen molar-refractivity contribution in [2.45, 2.75) is 5.92 Å². The third-order valence-electron chi connectivity index (χ3n) is 3.19. The van der Waals surface area contributed by atoms with Crippen LogP contribution in [0, 0.1) is 0 Å². The maximum Gasteiger partial charge on any atom is 0.264 e. The van der Waals surface area contributed by atoms with Crippen LogP contribution in [-0.4, -0.2) is 39.8 Å². The Hall–Kier alpha value is -1.59. The van der Waals surface area contributed by atoms with Gasteiger partial charge < -0.3 is 20.1 Å². The zero-order valence-electron chi connectivity index (χ0n) is 10.7. The highest BCUT2D eigenvalue weighted by atomic mass is 16.5. The molecule has 5 heteroatoms. The lowest BCUT2D eigenvalue weighted by molar-refractivity contribution is -0.120. The fourth-order valence-electron chi connectivity index (χ4n) is 2.04. The molecule has 0 aromatic heterocycles. The third kappa shape index (κ3) is 2.32. The number of rotatable bonds is 4. The Morgan fingerprint density at radius 2 is 2.33 bits per heavy atom. The van der Waals surface area contributed by atoms with Crippen LogP contribution in [0.25, 0.3) is 0 Å². The van der Waals surface area contributed by atoms with Crippen LogP contribution in [0.4, 0.5) is 5.69 Å². The molecule has 2 N–H and O–H groups in total. The highest BCUT2D eigenvalue weighted by molar-refractivity contribution is 5.97. The summed E-state index contributed by atoms with van der Waals surface area (Å²) in [4.78, 5) is 13.2. The SMILES string of the molecule is COCC(CN)c1ccc2c(c1)N(C)C(=O)CO2. The van der Waals surface area contributed by atoms with Gasteiger partial charge in [0.15, 0.2) is 6.61 Å². The van der Waals surface area contributed by atoms with Gasteiger partial charge in [-0.1, -0.05) is 6.07 Å². The van der Waals surface area contributed by atoms with Gasteiger partial charge >= 0.3 is 0 Å². The quantitative estimate of drug-likeness (QED) is 0.855. The Morgan fingerprint density at radius 1 is 1.56 bits per heavy atom. The van der Waals surface area contributed by atoms with Crippen LogP contribution in [0.5, 0.6) is 5.75 Å². The van der Waals surface area contributed by atoms with Crippen molar-refractivity contribution in [3.8, 4) is 5.75 Å². The molecule has 0 bridgehead atoms. The van der Waals surface area contributed by atoms with E-state index in [-0.39, 0.29) is 18.4 Å². The third-order valence-corrected chi connectivity index (χ3v) is 3.19. The molecule has 1 amide bonds. The number of likely N-dealkylation sites (N-methyl/N-ethyl adjacent to an activating group) is 1. The molecule has 1 aromatic rings. The molecule has 1 unspecified atom stereocenters. The Morgan fingerprint density at radius 3 is 3.00 bits per heavy atom. The molecule has 0 spiro atoms. The molecule has 0 saturated heterocycles. The second-order valence-electron chi connectivity index (χ2n) is 4.36. The minimum absolute atomic E-state index is 0.0457. The summed E-state index contributed by atoms with van der Waals surface area (Å²) in [5.74, 6) is 0.815. The predicted molar refractivity (Wildman–Crippen MR) is 69.0 cm³/mol. The maximum absolute atomic E-state index is 11.6. The van der Waals surface area contributed by atoms with E-state index in [0.29, 0.717) is 13.2 Å². The van der Waals surface area contributed by atoms with Gasteiger partial charge in [-0.15, -0.1) is 0 Å². The van der Waals surface area contributed by atoms with Crippen molar-refractivity contribution in [1.29, 1.82) is 0 Å². The number of amides is 1. The number of fused-ring (bicyclic) bond motifs is 1. The Balaban J connectivity index is 2.33. The van der Waals surface area contributed by atoms with Crippen LogP contribution < -0.4 is 15.4 Å². The summed E-state index contributed by atoms with van der Waals surface area (Å²) in [5.41, 5.74) is 7.59. The summed E-state index contributed by atoms with van der Waals surface area (Å²) in [6.07, 6.45) is 0. The first-order valence-electron chi connectivity index (χ1n) is 5.89. The van der Waals surface area contributed by atoms with Gasteiger partial charge in [0.05, 0.1) is 12.3 Å². The van der Waals surface area contributed by atoms with Crippen molar-refractivity contribution in [2.75, 3.05) is 38.8 Å². The van der Waals surface area contributed by atoms with E-state index < -0.39 is 0 Å². The smallest absolute Gasteiger partial charge is 0.264 e. The average Bonchev–Trinajstić information content (AvgIpc) is 2.40. The minimum Gasteiger partial charge on any atom is -0.482 e. The summed E-state index contributed by atoms with van der Waals surface area (Å²) in [7, 11) is 3.40. The first-order chi connectivity index (χ1) is 8.67. The van der Waals surface area contributed by atoms with Gasteiger partial charge in [0.1, 0.15) is 5.75 Å². The van der Waals surface area contributed by atoms with Gasteiger partial charge in [-0.2, -0.15) is 0 Å². The van der Waals surface area contributed by atoms with Crippen LogP contribution >= 0.6 is 0 Å². The molecular formula is C13H18N2O3. The van der Waals surface area contributed by atoms with E-state index in [2.05, 4.69) is 0 Å². The number of hydrogen-bond donors (Lipinski definition) is 1. The molecule has 1 aliphatic rings. The number of methoxy groups -OCH3 is 1. The van der Waals surface area contributed by atoms with Crippen LogP contribution in [0.1, 0.15) is 11.5 Å². The van der Waals surface area contributed by atoms with Gasteiger partial charge in [0.2, 0.25) is 0 Å². The fraction of sp³-hybridized carbons (Fsp3) is 0.462. The lowest BCUT2D eigenvalue weighted by Crippen LogP contribution is -2.35. The number of ether oxygens (including phenoxy) is 2. The van der Waals surface area contributed by atoms with Gasteiger partial charge in [-0.05, 0) is 17.7 Å². The van der Waals surface area contributed by atoms with E-state index in [0.717, 1.165) is 17.0 Å². The summed E-state index contributed by atoms with van der Waals surface area (Å²) in [5, 5.41) is 0. The lowest BCUT2D eigenvalue weighted by atomic mass is 9.98. The predicted octanol–water partition coefficient (Wildman–Crippen LogP) is 0.731. The zero-order chi connectivity index (χ0) is 13.1. The topological polar surface area (TPSA) is 64.8 Å². The van der Waals surface area contributed by atoms with Crippen molar-refractivity contribution in [3.05, 3.63) is 23.8 Å². The van der Waals surface area contributed by atoms with Crippen molar-refractivity contribution in [3.63, 3.8) is 0 Å². The summed E-state index contributed by atoms with van der Waals surface area (Å²) >= 11 is 0. The van der Waals surface area contributed by atoms with Crippen LogP contribution in [0.15, 0.2) is 18.2 Å². The molecule has 0 radical (unpaired) electrons. The zero-order valence-corrected chi connectivity index (χ0v) is 10.7. The summed E-state index contributed by atoms with van der Waals surface area (Å²) < 4.78 is 10.5. The Labute approximate surface area is 106 Å². The number of carbonyl (C=O) groups is 1.